The lowest BCUT2D eigenvalue weighted by molar-refractivity contribution is 0.269. The maximum Gasteiger partial charge on any atom is 0.282 e. The highest BCUT2D eigenvalue weighted by Gasteiger charge is 2.18. The third-order valence-electron chi connectivity index (χ3n) is 6.02. The first-order valence-corrected chi connectivity index (χ1v) is 13.6. The van der Waals surface area contributed by atoms with Crippen LogP contribution >= 0.6 is 27.5 Å². The van der Waals surface area contributed by atoms with Gasteiger partial charge in [-0.1, -0.05) is 83.9 Å². The summed E-state index contributed by atoms with van der Waals surface area (Å²) >= 11 is 10.3. The summed E-state index contributed by atoms with van der Waals surface area (Å²) in [7, 11) is 0. The summed E-state index contributed by atoms with van der Waals surface area (Å²) in [5.41, 5.74) is 3.88. The third kappa shape index (κ3) is 5.75. The van der Waals surface area contributed by atoms with Gasteiger partial charge in [-0.3, -0.25) is 4.79 Å². The fourth-order valence-electron chi connectivity index (χ4n) is 4.18. The summed E-state index contributed by atoms with van der Waals surface area (Å²) in [5.74, 6) is 1.34. The number of fused-ring (bicyclic) bond motifs is 1. The number of aryl methyl sites for hydroxylation is 1. The molecule has 0 amide bonds. The molecule has 0 spiro atoms. The van der Waals surface area contributed by atoms with Crippen LogP contribution in [-0.4, -0.2) is 22.5 Å². The summed E-state index contributed by atoms with van der Waals surface area (Å²) in [6, 6.07) is 26.6. The Morgan fingerprint density at radius 2 is 1.77 bits per heavy atom. The molecule has 0 N–H and O–H groups in total. The van der Waals surface area contributed by atoms with E-state index in [1.54, 1.807) is 18.3 Å². The van der Waals surface area contributed by atoms with Crippen LogP contribution < -0.4 is 15.0 Å². The zero-order chi connectivity index (χ0) is 27.4. The average molecular weight is 603 g/mol. The minimum atomic E-state index is -0.277. The number of halogens is 2. The summed E-state index contributed by atoms with van der Waals surface area (Å²) < 4.78 is 13.9. The Hall–Kier alpha value is -3.94. The van der Waals surface area contributed by atoms with Crippen molar-refractivity contribution in [3.05, 3.63) is 121 Å². The van der Waals surface area contributed by atoms with Crippen molar-refractivity contribution in [1.82, 2.24) is 9.66 Å². The molecule has 0 radical (unpaired) electrons. The van der Waals surface area contributed by atoms with E-state index in [9.17, 15) is 4.79 Å². The van der Waals surface area contributed by atoms with Crippen LogP contribution in [0.5, 0.6) is 11.5 Å². The fraction of sp³-hybridized carbons (Fsp3) is 0.129. The van der Waals surface area contributed by atoms with E-state index in [0.29, 0.717) is 56.5 Å². The van der Waals surface area contributed by atoms with Gasteiger partial charge in [-0.25, -0.2) is 4.98 Å². The number of aromatic nitrogens is 2. The van der Waals surface area contributed by atoms with E-state index in [2.05, 4.69) is 27.1 Å². The van der Waals surface area contributed by atoms with E-state index in [0.717, 1.165) is 16.7 Å². The molecule has 0 unspecified atom stereocenters. The molecule has 0 fully saturated rings. The van der Waals surface area contributed by atoms with Crippen LogP contribution in [0.4, 0.5) is 0 Å². The van der Waals surface area contributed by atoms with E-state index in [1.165, 1.54) is 4.68 Å². The van der Waals surface area contributed by atoms with Crippen molar-refractivity contribution in [3.8, 4) is 22.9 Å². The minimum Gasteiger partial charge on any atom is -0.490 e. The summed E-state index contributed by atoms with van der Waals surface area (Å²) in [6.45, 7) is 4.68. The van der Waals surface area contributed by atoms with Crippen molar-refractivity contribution in [3.63, 3.8) is 0 Å². The minimum absolute atomic E-state index is 0.277. The van der Waals surface area contributed by atoms with Gasteiger partial charge in [-0.15, -0.1) is 0 Å². The van der Waals surface area contributed by atoms with Crippen molar-refractivity contribution in [1.29, 1.82) is 0 Å². The van der Waals surface area contributed by atoms with Gasteiger partial charge in [-0.05, 0) is 53.5 Å². The molecule has 0 aliphatic rings. The molecule has 1 aromatic heterocycles. The summed E-state index contributed by atoms with van der Waals surface area (Å²) in [6.07, 6.45) is 1.56. The molecule has 39 heavy (non-hydrogen) atoms. The van der Waals surface area contributed by atoms with E-state index in [1.807, 2.05) is 80.6 Å². The summed E-state index contributed by atoms with van der Waals surface area (Å²) in [5, 5.41) is 5.39. The van der Waals surface area contributed by atoms with Gasteiger partial charge in [0.15, 0.2) is 17.3 Å². The van der Waals surface area contributed by atoms with Crippen LogP contribution in [0.2, 0.25) is 5.02 Å². The number of ether oxygens (including phenoxy) is 2. The number of hydrogen-bond donors (Lipinski definition) is 0. The third-order valence-corrected chi connectivity index (χ3v) is 7.46. The lowest BCUT2D eigenvalue weighted by Crippen LogP contribution is -2.20. The topological polar surface area (TPSA) is 65.7 Å². The quantitative estimate of drug-likeness (QED) is 0.171. The molecule has 0 aliphatic heterocycles. The molecule has 4 aromatic carbocycles. The van der Waals surface area contributed by atoms with Gasteiger partial charge in [0, 0.05) is 15.6 Å². The standard InChI is InChI=1S/C31H25BrClN3O3/c1-3-38-26-17-23(27(32)28(33)29(26)39-19-21-11-9-10-20(2)16-21)18-34-36-30(22-12-5-4-6-13-22)35-25-15-8-7-14-24(25)31(36)37/h4-18H,3,19H2,1-2H3. The van der Waals surface area contributed by atoms with E-state index in [-0.39, 0.29) is 5.56 Å². The fourth-order valence-corrected chi connectivity index (χ4v) is 4.83. The molecule has 5 aromatic rings. The van der Waals surface area contributed by atoms with Gasteiger partial charge in [0.25, 0.3) is 5.56 Å². The lowest BCUT2D eigenvalue weighted by Gasteiger charge is -2.16. The van der Waals surface area contributed by atoms with Gasteiger partial charge in [0.2, 0.25) is 0 Å². The Balaban J connectivity index is 1.57. The monoisotopic (exact) mass is 601 g/mol. The first kappa shape index (κ1) is 26.7. The number of nitrogens with zero attached hydrogens (tertiary/aromatic N) is 3. The highest BCUT2D eigenvalue weighted by Crippen LogP contribution is 2.42. The Bertz CT molecular complexity index is 1740. The van der Waals surface area contributed by atoms with Crippen LogP contribution in [0.1, 0.15) is 23.6 Å². The van der Waals surface area contributed by atoms with E-state index >= 15 is 0 Å². The number of benzene rings is 4. The van der Waals surface area contributed by atoms with Gasteiger partial charge in [0.1, 0.15) is 11.6 Å². The van der Waals surface area contributed by atoms with Crippen molar-refractivity contribution in [2.45, 2.75) is 20.5 Å². The van der Waals surface area contributed by atoms with Gasteiger partial charge < -0.3 is 9.47 Å². The number of hydrogen-bond acceptors (Lipinski definition) is 5. The molecule has 6 nitrogen and oxygen atoms in total. The largest absolute Gasteiger partial charge is 0.490 e. The van der Waals surface area contributed by atoms with Gasteiger partial charge >= 0.3 is 0 Å². The molecular weight excluding hydrogens is 578 g/mol. The SMILES string of the molecule is CCOc1cc(C=Nn2c(-c3ccccc3)nc3ccccc3c2=O)c(Br)c(Cl)c1OCc1cccc(C)c1. The van der Waals surface area contributed by atoms with E-state index in [4.69, 9.17) is 26.1 Å². The second kappa shape index (κ2) is 11.8. The van der Waals surface area contributed by atoms with Gasteiger partial charge in [0.05, 0.1) is 23.7 Å². The Morgan fingerprint density at radius 3 is 2.54 bits per heavy atom. The molecule has 1 heterocycles. The predicted molar refractivity (Wildman–Crippen MR) is 160 cm³/mol. The van der Waals surface area contributed by atoms with E-state index < -0.39 is 0 Å². The molecule has 196 valence electrons. The highest BCUT2D eigenvalue weighted by molar-refractivity contribution is 9.10. The second-order valence-corrected chi connectivity index (χ2v) is 9.98. The first-order chi connectivity index (χ1) is 19.0. The molecule has 0 saturated heterocycles. The van der Waals surface area contributed by atoms with Crippen LogP contribution in [-0.2, 0) is 6.61 Å². The molecule has 0 bridgehead atoms. The van der Waals surface area contributed by atoms with Crippen molar-refractivity contribution >= 4 is 44.6 Å². The molecule has 0 atom stereocenters. The molecule has 8 heteroatoms. The average Bonchev–Trinajstić information content (AvgIpc) is 2.95. The molecule has 5 rings (SSSR count). The number of para-hydroxylation sites is 1. The van der Waals surface area contributed by atoms with Crippen molar-refractivity contribution in [2.75, 3.05) is 6.61 Å². The maximum atomic E-state index is 13.5. The van der Waals surface area contributed by atoms with Crippen LogP contribution in [0.25, 0.3) is 22.3 Å². The number of rotatable bonds is 8. The molecule has 0 saturated carbocycles. The predicted octanol–water partition coefficient (Wildman–Crippen LogP) is 7.65. The van der Waals surface area contributed by atoms with Crippen molar-refractivity contribution < 1.29 is 9.47 Å². The van der Waals surface area contributed by atoms with Crippen molar-refractivity contribution in [2.24, 2.45) is 5.10 Å². The zero-order valence-electron chi connectivity index (χ0n) is 21.4. The normalized spacial score (nSPS) is 11.3. The first-order valence-electron chi connectivity index (χ1n) is 12.4. The Labute approximate surface area is 239 Å². The summed E-state index contributed by atoms with van der Waals surface area (Å²) in [4.78, 5) is 18.2. The smallest absolute Gasteiger partial charge is 0.282 e. The zero-order valence-corrected chi connectivity index (χ0v) is 23.7. The Kier molecular flexibility index (Phi) is 8.10. The lowest BCUT2D eigenvalue weighted by atomic mass is 10.1. The van der Waals surface area contributed by atoms with Crippen LogP contribution in [0, 0.1) is 6.92 Å². The van der Waals surface area contributed by atoms with Crippen LogP contribution in [0.15, 0.2) is 99.3 Å². The van der Waals surface area contributed by atoms with Gasteiger partial charge in [-0.2, -0.15) is 9.78 Å². The highest BCUT2D eigenvalue weighted by atomic mass is 79.9. The van der Waals surface area contributed by atoms with Crippen LogP contribution in [0.3, 0.4) is 0 Å². The second-order valence-electron chi connectivity index (χ2n) is 8.81. The Morgan fingerprint density at radius 1 is 1.00 bits per heavy atom. The molecule has 0 aliphatic carbocycles. The molecular formula is C31H25BrClN3O3. The maximum absolute atomic E-state index is 13.5.